The van der Waals surface area contributed by atoms with Crippen molar-refractivity contribution in [2.75, 3.05) is 24.5 Å². The summed E-state index contributed by atoms with van der Waals surface area (Å²) in [7, 11) is 0. The molecule has 0 bridgehead atoms. The molecule has 4 aromatic rings. The molecule has 0 radical (unpaired) electrons. The lowest BCUT2D eigenvalue weighted by Crippen LogP contribution is -2.54. The summed E-state index contributed by atoms with van der Waals surface area (Å²) in [6, 6.07) is 6.81. The molecule has 5 rings (SSSR count). The van der Waals surface area contributed by atoms with Gasteiger partial charge in [-0.15, -0.1) is 0 Å². The molecule has 1 aromatic carbocycles. The fourth-order valence-electron chi connectivity index (χ4n) is 5.73. The molecule has 1 fully saturated rings. The molecule has 3 aromatic heterocycles. The third-order valence-electron chi connectivity index (χ3n) is 7.84. The van der Waals surface area contributed by atoms with Crippen LogP contribution < -0.4 is 10.6 Å². The first-order valence-electron chi connectivity index (χ1n) is 14.2. The van der Waals surface area contributed by atoms with Gasteiger partial charge in [0.25, 0.3) is 0 Å². The number of carbonyl (C=O) groups excluding carboxylic acids is 1. The number of halogens is 2. The predicted molar refractivity (Wildman–Crippen MR) is 161 cm³/mol. The molecule has 2 atom stereocenters. The van der Waals surface area contributed by atoms with Crippen LogP contribution in [0.2, 0.25) is 0 Å². The third kappa shape index (κ3) is 5.29. The topological polar surface area (TPSA) is 104 Å². The minimum absolute atomic E-state index is 0.0704. The number of nitrogens with zero attached hydrogens (tertiary/aromatic N) is 6. The summed E-state index contributed by atoms with van der Waals surface area (Å²) in [5.41, 5.74) is 0.852. The van der Waals surface area contributed by atoms with E-state index in [0.29, 0.717) is 31.0 Å². The number of aromatic nitrogens is 4. The molecule has 1 amide bonds. The summed E-state index contributed by atoms with van der Waals surface area (Å²) < 4.78 is 32.7. The van der Waals surface area contributed by atoms with E-state index in [-0.39, 0.29) is 51.5 Å². The molecule has 1 saturated heterocycles. The largest absolute Gasteiger partial charge is 0.389 e. The van der Waals surface area contributed by atoms with Gasteiger partial charge < -0.3 is 14.9 Å². The second-order valence-corrected chi connectivity index (χ2v) is 11.2. The van der Waals surface area contributed by atoms with Crippen LogP contribution in [-0.2, 0) is 4.79 Å². The van der Waals surface area contributed by atoms with Crippen molar-refractivity contribution in [3.63, 3.8) is 0 Å². The number of aliphatic hydroxyl groups is 1. The van der Waals surface area contributed by atoms with Crippen LogP contribution in [0.5, 0.6) is 0 Å². The first-order valence-corrected chi connectivity index (χ1v) is 14.2. The molecular formula is C32H34F2N6O3. The van der Waals surface area contributed by atoms with E-state index >= 15 is 8.78 Å². The van der Waals surface area contributed by atoms with Crippen molar-refractivity contribution in [2.45, 2.75) is 52.7 Å². The van der Waals surface area contributed by atoms with Gasteiger partial charge in [0, 0.05) is 37.4 Å². The van der Waals surface area contributed by atoms with E-state index in [1.807, 2.05) is 32.6 Å². The van der Waals surface area contributed by atoms with Gasteiger partial charge in [-0.3, -0.25) is 9.78 Å². The van der Waals surface area contributed by atoms with Crippen molar-refractivity contribution < 1.29 is 18.7 Å². The maximum Gasteiger partial charge on any atom is 0.355 e. The van der Waals surface area contributed by atoms with Crippen LogP contribution in [0.1, 0.15) is 56.5 Å². The van der Waals surface area contributed by atoms with E-state index in [1.165, 1.54) is 41.8 Å². The number of aliphatic hydroxyl groups excluding tert-OH is 1. The normalized spacial score (nSPS) is 16.2. The van der Waals surface area contributed by atoms with Gasteiger partial charge >= 0.3 is 5.69 Å². The van der Waals surface area contributed by atoms with E-state index in [9.17, 15) is 14.7 Å². The smallest absolute Gasteiger partial charge is 0.355 e. The number of benzene rings is 1. The van der Waals surface area contributed by atoms with Crippen LogP contribution in [0.4, 0.5) is 14.6 Å². The molecule has 11 heteroatoms. The molecular weight excluding hydrogens is 554 g/mol. The van der Waals surface area contributed by atoms with Crippen LogP contribution in [0, 0.1) is 18.6 Å². The van der Waals surface area contributed by atoms with Gasteiger partial charge in [0.2, 0.25) is 5.91 Å². The van der Waals surface area contributed by atoms with Crippen LogP contribution in [0.25, 0.3) is 28.0 Å². The fraction of sp³-hybridized carbons (Fsp3) is 0.344. The van der Waals surface area contributed by atoms with E-state index < -0.39 is 23.4 Å². The molecule has 0 aliphatic carbocycles. The Morgan fingerprint density at radius 2 is 1.88 bits per heavy atom. The van der Waals surface area contributed by atoms with E-state index in [4.69, 9.17) is 0 Å². The average molecular weight is 589 g/mol. The number of fused-ring (bicyclic) bond motifs is 1. The second-order valence-electron chi connectivity index (χ2n) is 11.2. The van der Waals surface area contributed by atoms with Gasteiger partial charge in [-0.25, -0.2) is 23.1 Å². The SMILES string of the molecule is C=CC(=O)N1CCN(c2nc(=O)n(-c3c(C)ccnc3C(C)C)c3nc(-c4c(F)cccc4C(C)O)c(F)cc23)[C@@H](C)C1. The third-order valence-corrected chi connectivity index (χ3v) is 7.84. The van der Waals surface area contributed by atoms with Gasteiger partial charge in [-0.2, -0.15) is 4.98 Å². The lowest BCUT2D eigenvalue weighted by molar-refractivity contribution is -0.126. The number of rotatable bonds is 6. The number of carbonyl (C=O) groups is 1. The van der Waals surface area contributed by atoms with Gasteiger partial charge in [0.05, 0.1) is 22.9 Å². The highest BCUT2D eigenvalue weighted by atomic mass is 19.1. The van der Waals surface area contributed by atoms with Crippen molar-refractivity contribution in [2.24, 2.45) is 0 Å². The number of aryl methyl sites for hydroxylation is 1. The highest BCUT2D eigenvalue weighted by Crippen LogP contribution is 2.36. The van der Waals surface area contributed by atoms with E-state index in [2.05, 4.69) is 21.5 Å². The van der Waals surface area contributed by atoms with E-state index in [1.54, 1.807) is 17.2 Å². The van der Waals surface area contributed by atoms with Crippen molar-refractivity contribution in [3.8, 4) is 16.9 Å². The van der Waals surface area contributed by atoms with Crippen LogP contribution >= 0.6 is 0 Å². The number of pyridine rings is 2. The maximum atomic E-state index is 16.1. The molecule has 43 heavy (non-hydrogen) atoms. The first kappa shape index (κ1) is 30.0. The van der Waals surface area contributed by atoms with Crippen LogP contribution in [0.3, 0.4) is 0 Å². The molecule has 1 N–H and O–H groups in total. The van der Waals surface area contributed by atoms with Gasteiger partial charge in [0.1, 0.15) is 23.1 Å². The summed E-state index contributed by atoms with van der Waals surface area (Å²) >= 11 is 0. The zero-order chi connectivity index (χ0) is 31.2. The summed E-state index contributed by atoms with van der Waals surface area (Å²) in [5, 5.41) is 10.6. The van der Waals surface area contributed by atoms with Gasteiger partial charge in [0.15, 0.2) is 5.65 Å². The molecule has 4 heterocycles. The van der Waals surface area contributed by atoms with E-state index in [0.717, 1.165) is 5.56 Å². The predicted octanol–water partition coefficient (Wildman–Crippen LogP) is 4.83. The highest BCUT2D eigenvalue weighted by Gasteiger charge is 2.31. The van der Waals surface area contributed by atoms with Crippen molar-refractivity contribution >= 4 is 22.8 Å². The van der Waals surface area contributed by atoms with Crippen molar-refractivity contribution in [1.29, 1.82) is 0 Å². The monoisotopic (exact) mass is 588 g/mol. The number of amides is 1. The van der Waals surface area contributed by atoms with Crippen LogP contribution in [0.15, 0.2) is 54.0 Å². The van der Waals surface area contributed by atoms with Gasteiger partial charge in [-0.05, 0) is 62.1 Å². The highest BCUT2D eigenvalue weighted by molar-refractivity contribution is 5.91. The Morgan fingerprint density at radius 3 is 2.53 bits per heavy atom. The number of piperazine rings is 1. The quantitative estimate of drug-likeness (QED) is 0.322. The summed E-state index contributed by atoms with van der Waals surface area (Å²) in [6.45, 7) is 13.7. The Morgan fingerprint density at radius 1 is 1.14 bits per heavy atom. The molecule has 224 valence electrons. The molecule has 9 nitrogen and oxygen atoms in total. The molecule has 0 saturated carbocycles. The Labute approximate surface area is 248 Å². The Bertz CT molecular complexity index is 1800. The lowest BCUT2D eigenvalue weighted by atomic mass is 9.98. The molecule has 0 spiro atoms. The Balaban J connectivity index is 1.85. The first-order chi connectivity index (χ1) is 20.4. The average Bonchev–Trinajstić information content (AvgIpc) is 2.96. The summed E-state index contributed by atoms with van der Waals surface area (Å²) in [5.74, 6) is -1.67. The Hall–Kier alpha value is -4.51. The zero-order valence-electron chi connectivity index (χ0n) is 24.8. The number of anilines is 1. The van der Waals surface area contributed by atoms with Crippen LogP contribution in [-0.4, -0.2) is 61.1 Å². The molecule has 1 aliphatic rings. The molecule has 1 aliphatic heterocycles. The number of hydrogen-bond donors (Lipinski definition) is 1. The lowest BCUT2D eigenvalue weighted by Gasteiger charge is -2.40. The number of hydrogen-bond acceptors (Lipinski definition) is 7. The summed E-state index contributed by atoms with van der Waals surface area (Å²) in [4.78, 5) is 43.4. The molecule has 1 unspecified atom stereocenters. The standard InChI is InChI=1S/C32H34F2N6O3/c1-7-25(42)38-13-14-39(19(5)16-38)30-22-15-24(34)28(26-21(20(6)41)9-8-10-23(26)33)36-31(22)40(32(43)37-30)29-18(4)11-12-35-27(29)17(2)3/h7-12,15,17,19-20,41H,1,13-14,16H2,2-6H3/t19-,20?/m0/s1. The Kier molecular flexibility index (Phi) is 8.11. The van der Waals surface area contributed by atoms with Gasteiger partial charge in [-0.1, -0.05) is 32.6 Å². The minimum atomic E-state index is -1.11. The minimum Gasteiger partial charge on any atom is -0.389 e. The summed E-state index contributed by atoms with van der Waals surface area (Å²) in [6.07, 6.45) is 1.80. The zero-order valence-corrected chi connectivity index (χ0v) is 24.8. The van der Waals surface area contributed by atoms with Crippen molar-refractivity contribution in [1.82, 2.24) is 24.4 Å². The maximum absolute atomic E-state index is 16.1. The fourth-order valence-corrected chi connectivity index (χ4v) is 5.73. The van der Waals surface area contributed by atoms with Crippen molar-refractivity contribution in [3.05, 3.63) is 88.1 Å². The second kappa shape index (κ2) is 11.6.